The summed E-state index contributed by atoms with van der Waals surface area (Å²) in [7, 11) is 0. The maximum absolute atomic E-state index is 11.9. The Morgan fingerprint density at radius 3 is 2.59 bits per heavy atom. The Bertz CT molecular complexity index is 496. The number of aliphatic hydroxyl groups excluding tert-OH is 1. The minimum absolute atomic E-state index is 0.109. The minimum Gasteiger partial charge on any atom is -0.393 e. The number of hydrogen-bond acceptors (Lipinski definition) is 4. The van der Waals surface area contributed by atoms with E-state index in [0.717, 1.165) is 31.5 Å². The van der Waals surface area contributed by atoms with Crippen LogP contribution < -0.4 is 10.6 Å². The molecule has 2 rings (SSSR count). The van der Waals surface area contributed by atoms with Crippen LogP contribution in [-0.2, 0) is 5.41 Å². The molecular formula is C16H26N4O2. The van der Waals surface area contributed by atoms with Crippen molar-refractivity contribution >= 4 is 11.7 Å². The Morgan fingerprint density at radius 2 is 2.00 bits per heavy atom. The number of anilines is 1. The molecule has 6 nitrogen and oxygen atoms in total. The van der Waals surface area contributed by atoms with Crippen LogP contribution in [-0.4, -0.2) is 33.8 Å². The molecule has 2 atom stereocenters. The highest BCUT2D eigenvalue weighted by atomic mass is 16.3. The zero-order chi connectivity index (χ0) is 16.2. The van der Waals surface area contributed by atoms with Crippen LogP contribution in [0.15, 0.2) is 12.4 Å². The predicted octanol–water partition coefficient (Wildman–Crippen LogP) is 2.45. The number of carbonyl (C=O) groups is 1. The number of nitrogens with zero attached hydrogens (tertiary/aromatic N) is 2. The minimum atomic E-state index is -0.257. The Hall–Kier alpha value is -1.69. The van der Waals surface area contributed by atoms with Gasteiger partial charge in [-0.1, -0.05) is 27.2 Å². The molecule has 122 valence electrons. The summed E-state index contributed by atoms with van der Waals surface area (Å²) in [6.45, 7) is 6.71. The lowest BCUT2D eigenvalue weighted by Crippen LogP contribution is -2.35. The number of amides is 2. The number of rotatable bonds is 3. The summed E-state index contributed by atoms with van der Waals surface area (Å²) in [5, 5.41) is 15.2. The number of nitrogens with one attached hydrogen (secondary N) is 2. The van der Waals surface area contributed by atoms with Crippen LogP contribution in [0.2, 0.25) is 0 Å². The van der Waals surface area contributed by atoms with Crippen molar-refractivity contribution in [3.05, 3.63) is 18.2 Å². The van der Waals surface area contributed by atoms with Gasteiger partial charge in [-0.25, -0.2) is 14.8 Å². The van der Waals surface area contributed by atoms with E-state index >= 15 is 0 Å². The van der Waals surface area contributed by atoms with Gasteiger partial charge >= 0.3 is 6.03 Å². The van der Waals surface area contributed by atoms with Gasteiger partial charge in [-0.3, -0.25) is 0 Å². The highest BCUT2D eigenvalue weighted by Gasteiger charge is 2.20. The number of aliphatic hydroxyl groups is 1. The first-order valence-electron chi connectivity index (χ1n) is 7.90. The van der Waals surface area contributed by atoms with E-state index in [9.17, 15) is 9.90 Å². The molecular weight excluding hydrogens is 280 g/mol. The van der Waals surface area contributed by atoms with Crippen molar-refractivity contribution in [3.8, 4) is 0 Å². The van der Waals surface area contributed by atoms with E-state index in [4.69, 9.17) is 0 Å². The zero-order valence-electron chi connectivity index (χ0n) is 13.6. The number of hydrogen-bond donors (Lipinski definition) is 3. The molecule has 0 aliphatic heterocycles. The first-order chi connectivity index (χ1) is 10.3. The van der Waals surface area contributed by atoms with Crippen molar-refractivity contribution < 1.29 is 9.90 Å². The third-order valence-electron chi connectivity index (χ3n) is 3.89. The summed E-state index contributed by atoms with van der Waals surface area (Å²) in [6, 6.07) is -0.257. The lowest BCUT2D eigenvalue weighted by atomic mass is 9.87. The zero-order valence-corrected chi connectivity index (χ0v) is 13.6. The normalized spacial score (nSPS) is 22.2. The van der Waals surface area contributed by atoms with Crippen LogP contribution in [0.25, 0.3) is 0 Å². The van der Waals surface area contributed by atoms with Gasteiger partial charge in [0.2, 0.25) is 0 Å². The van der Waals surface area contributed by atoms with Crippen LogP contribution in [0.1, 0.15) is 52.3 Å². The van der Waals surface area contributed by atoms with Crippen molar-refractivity contribution in [2.75, 3.05) is 11.9 Å². The van der Waals surface area contributed by atoms with Crippen LogP contribution >= 0.6 is 0 Å². The maximum Gasteiger partial charge on any atom is 0.319 e. The van der Waals surface area contributed by atoms with Crippen molar-refractivity contribution in [3.63, 3.8) is 0 Å². The Labute approximate surface area is 131 Å². The molecule has 6 heteroatoms. The monoisotopic (exact) mass is 306 g/mol. The standard InChI is InChI=1S/C16H26N4O2/c1-16(2,3)14-17-9-12(10-18-14)20-15(22)19-8-11-5-4-6-13(21)7-11/h9-11,13,21H,4-8H2,1-3H3,(H2,19,20,22). The van der Waals surface area contributed by atoms with E-state index in [1.807, 2.05) is 20.8 Å². The molecule has 1 aliphatic rings. The van der Waals surface area contributed by atoms with Crippen molar-refractivity contribution in [1.82, 2.24) is 15.3 Å². The van der Waals surface area contributed by atoms with Crippen molar-refractivity contribution in [1.29, 1.82) is 0 Å². The number of urea groups is 1. The summed E-state index contributed by atoms with van der Waals surface area (Å²) in [5.41, 5.74) is 0.469. The van der Waals surface area contributed by atoms with E-state index in [1.165, 1.54) is 0 Å². The third kappa shape index (κ3) is 4.94. The molecule has 1 aromatic heterocycles. The van der Waals surface area contributed by atoms with Gasteiger partial charge in [-0.2, -0.15) is 0 Å². The summed E-state index contributed by atoms with van der Waals surface area (Å²) < 4.78 is 0. The van der Waals surface area contributed by atoms with Gasteiger partial charge in [-0.05, 0) is 25.2 Å². The SMILES string of the molecule is CC(C)(C)c1ncc(NC(=O)NCC2CCCC(O)C2)cn1. The molecule has 1 heterocycles. The Morgan fingerprint density at radius 1 is 1.32 bits per heavy atom. The molecule has 0 radical (unpaired) electrons. The molecule has 0 saturated heterocycles. The fraction of sp³-hybridized carbons (Fsp3) is 0.688. The van der Waals surface area contributed by atoms with E-state index in [1.54, 1.807) is 12.4 Å². The van der Waals surface area contributed by atoms with E-state index in [0.29, 0.717) is 18.2 Å². The molecule has 3 N–H and O–H groups in total. The molecule has 0 spiro atoms. The highest BCUT2D eigenvalue weighted by molar-refractivity contribution is 5.88. The Kier molecular flexibility index (Phi) is 5.34. The quantitative estimate of drug-likeness (QED) is 0.800. The predicted molar refractivity (Wildman–Crippen MR) is 85.7 cm³/mol. The molecule has 0 aromatic carbocycles. The van der Waals surface area contributed by atoms with E-state index < -0.39 is 0 Å². The second-order valence-electron chi connectivity index (χ2n) is 7.07. The largest absolute Gasteiger partial charge is 0.393 e. The average Bonchev–Trinajstić information content (AvgIpc) is 2.45. The molecule has 2 amide bonds. The van der Waals surface area contributed by atoms with Gasteiger partial charge in [0.1, 0.15) is 5.82 Å². The van der Waals surface area contributed by atoms with Gasteiger partial charge < -0.3 is 15.7 Å². The molecule has 1 saturated carbocycles. The molecule has 1 aromatic rings. The molecule has 0 bridgehead atoms. The summed E-state index contributed by atoms with van der Waals surface area (Å²) in [6.07, 6.45) is 6.75. The first-order valence-corrected chi connectivity index (χ1v) is 7.90. The Balaban J connectivity index is 1.79. The molecule has 1 aliphatic carbocycles. The summed E-state index contributed by atoms with van der Waals surface area (Å²) >= 11 is 0. The van der Waals surface area contributed by atoms with Crippen molar-refractivity contribution in [2.24, 2.45) is 5.92 Å². The first kappa shape index (κ1) is 16.7. The van der Waals surface area contributed by atoms with E-state index in [2.05, 4.69) is 20.6 Å². The lowest BCUT2D eigenvalue weighted by Gasteiger charge is -2.25. The van der Waals surface area contributed by atoms with Crippen LogP contribution in [0.4, 0.5) is 10.5 Å². The fourth-order valence-electron chi connectivity index (χ4n) is 2.64. The van der Waals surface area contributed by atoms with Crippen LogP contribution in [0, 0.1) is 5.92 Å². The second kappa shape index (κ2) is 7.05. The van der Waals surface area contributed by atoms with Gasteiger partial charge in [0.25, 0.3) is 0 Å². The molecule has 22 heavy (non-hydrogen) atoms. The maximum atomic E-state index is 11.9. The third-order valence-corrected chi connectivity index (χ3v) is 3.89. The van der Waals surface area contributed by atoms with Gasteiger partial charge in [0, 0.05) is 12.0 Å². The van der Waals surface area contributed by atoms with Gasteiger partial charge in [-0.15, -0.1) is 0 Å². The topological polar surface area (TPSA) is 87.1 Å². The average molecular weight is 306 g/mol. The lowest BCUT2D eigenvalue weighted by molar-refractivity contribution is 0.101. The highest BCUT2D eigenvalue weighted by Crippen LogP contribution is 2.23. The smallest absolute Gasteiger partial charge is 0.319 e. The van der Waals surface area contributed by atoms with E-state index in [-0.39, 0.29) is 17.6 Å². The summed E-state index contributed by atoms with van der Waals surface area (Å²) in [5.74, 6) is 1.10. The van der Waals surface area contributed by atoms with Gasteiger partial charge in [0.15, 0.2) is 0 Å². The number of carbonyl (C=O) groups excluding carboxylic acids is 1. The fourth-order valence-corrected chi connectivity index (χ4v) is 2.64. The molecule has 1 fully saturated rings. The summed E-state index contributed by atoms with van der Waals surface area (Å²) in [4.78, 5) is 20.4. The van der Waals surface area contributed by atoms with Crippen LogP contribution in [0.3, 0.4) is 0 Å². The van der Waals surface area contributed by atoms with Crippen LogP contribution in [0.5, 0.6) is 0 Å². The van der Waals surface area contributed by atoms with Crippen molar-refractivity contribution in [2.45, 2.75) is 58.0 Å². The molecule has 2 unspecified atom stereocenters. The number of aromatic nitrogens is 2. The second-order valence-corrected chi connectivity index (χ2v) is 7.07. The van der Waals surface area contributed by atoms with Gasteiger partial charge in [0.05, 0.1) is 24.2 Å².